The number of benzene rings is 1. The predicted octanol–water partition coefficient (Wildman–Crippen LogP) is 2.02. The Balaban J connectivity index is 1.86. The lowest BCUT2D eigenvalue weighted by molar-refractivity contribution is 0.114. The van der Waals surface area contributed by atoms with Crippen molar-refractivity contribution in [2.45, 2.75) is 26.4 Å². The Labute approximate surface area is 110 Å². The fourth-order valence-electron chi connectivity index (χ4n) is 2.46. The van der Waals surface area contributed by atoms with E-state index in [4.69, 9.17) is 5.26 Å². The van der Waals surface area contributed by atoms with Gasteiger partial charge in [-0.15, -0.1) is 0 Å². The van der Waals surface area contributed by atoms with E-state index >= 15 is 0 Å². The van der Waals surface area contributed by atoms with E-state index in [-0.39, 0.29) is 6.04 Å². The Hall–Kier alpha value is -1.37. The highest BCUT2D eigenvalue weighted by Gasteiger charge is 2.20. The van der Waals surface area contributed by atoms with Gasteiger partial charge in [-0.2, -0.15) is 5.26 Å². The first-order valence-corrected chi connectivity index (χ1v) is 6.60. The van der Waals surface area contributed by atoms with E-state index in [0.717, 1.165) is 32.7 Å². The van der Waals surface area contributed by atoms with Crippen LogP contribution in [0.25, 0.3) is 0 Å². The third-order valence-corrected chi connectivity index (χ3v) is 3.63. The van der Waals surface area contributed by atoms with Crippen LogP contribution in [0.3, 0.4) is 0 Å². The molecule has 0 saturated carbocycles. The average Bonchev–Trinajstić information content (AvgIpc) is 2.39. The molecule has 1 aliphatic heterocycles. The van der Waals surface area contributed by atoms with Crippen LogP contribution in [0.5, 0.6) is 0 Å². The Morgan fingerprint density at radius 2 is 2.00 bits per heavy atom. The Morgan fingerprint density at radius 3 is 2.61 bits per heavy atom. The van der Waals surface area contributed by atoms with Crippen LogP contribution in [0.1, 0.15) is 18.1 Å². The smallest absolute Gasteiger partial charge is 0.0950 e. The Morgan fingerprint density at radius 1 is 1.28 bits per heavy atom. The van der Waals surface area contributed by atoms with Gasteiger partial charge in [0.25, 0.3) is 0 Å². The molecule has 1 heterocycles. The summed E-state index contributed by atoms with van der Waals surface area (Å²) in [5.41, 5.74) is 2.71. The van der Waals surface area contributed by atoms with Gasteiger partial charge in [0.05, 0.1) is 12.1 Å². The Bertz CT molecular complexity index is 428. The second-order valence-corrected chi connectivity index (χ2v) is 5.11. The molecule has 0 aliphatic carbocycles. The molecule has 0 aromatic heterocycles. The van der Waals surface area contributed by atoms with Crippen LogP contribution in [-0.2, 0) is 6.54 Å². The summed E-state index contributed by atoms with van der Waals surface area (Å²) in [6.45, 7) is 9.25. The van der Waals surface area contributed by atoms with E-state index in [1.807, 2.05) is 6.92 Å². The van der Waals surface area contributed by atoms with E-state index in [1.54, 1.807) is 0 Å². The largest absolute Gasteiger partial charge is 0.297 e. The number of hydrogen-bond acceptors (Lipinski definition) is 3. The van der Waals surface area contributed by atoms with E-state index < -0.39 is 0 Å². The zero-order valence-corrected chi connectivity index (χ0v) is 11.3. The lowest BCUT2D eigenvalue weighted by Crippen LogP contribution is -2.48. The molecule has 1 aromatic carbocycles. The molecule has 0 N–H and O–H groups in total. The number of nitriles is 1. The zero-order chi connectivity index (χ0) is 13.0. The van der Waals surface area contributed by atoms with Gasteiger partial charge in [-0.05, 0) is 19.4 Å². The second kappa shape index (κ2) is 5.99. The van der Waals surface area contributed by atoms with Gasteiger partial charge < -0.3 is 0 Å². The number of nitrogens with zero attached hydrogens (tertiary/aromatic N) is 3. The molecule has 1 fully saturated rings. The molecule has 0 spiro atoms. The van der Waals surface area contributed by atoms with E-state index in [0.29, 0.717) is 0 Å². The maximum Gasteiger partial charge on any atom is 0.0950 e. The predicted molar refractivity (Wildman–Crippen MR) is 73.1 cm³/mol. The monoisotopic (exact) mass is 243 g/mol. The molecule has 1 aliphatic rings. The van der Waals surface area contributed by atoms with Crippen LogP contribution in [0, 0.1) is 18.3 Å². The third-order valence-electron chi connectivity index (χ3n) is 3.63. The minimum atomic E-state index is 0.0473. The third kappa shape index (κ3) is 3.32. The lowest BCUT2D eigenvalue weighted by Gasteiger charge is -2.35. The van der Waals surface area contributed by atoms with Crippen molar-refractivity contribution in [3.63, 3.8) is 0 Å². The van der Waals surface area contributed by atoms with Gasteiger partial charge in [0.1, 0.15) is 0 Å². The SMILES string of the molecule is Cc1cccc(CN2CCN([C@H](C)C#N)CC2)c1. The molecule has 18 heavy (non-hydrogen) atoms. The van der Waals surface area contributed by atoms with Crippen molar-refractivity contribution >= 4 is 0 Å². The minimum Gasteiger partial charge on any atom is -0.297 e. The molecule has 1 aromatic rings. The highest BCUT2D eigenvalue weighted by atomic mass is 15.3. The van der Waals surface area contributed by atoms with Gasteiger partial charge in [0, 0.05) is 32.7 Å². The minimum absolute atomic E-state index is 0.0473. The van der Waals surface area contributed by atoms with Crippen LogP contribution in [-0.4, -0.2) is 42.0 Å². The van der Waals surface area contributed by atoms with Gasteiger partial charge in [-0.25, -0.2) is 0 Å². The highest BCUT2D eigenvalue weighted by Crippen LogP contribution is 2.11. The molecule has 2 rings (SSSR count). The number of hydrogen-bond donors (Lipinski definition) is 0. The molecule has 1 atom stereocenters. The number of piperazine rings is 1. The van der Waals surface area contributed by atoms with Gasteiger partial charge in [-0.3, -0.25) is 9.80 Å². The summed E-state index contributed by atoms with van der Waals surface area (Å²) in [6.07, 6.45) is 0. The summed E-state index contributed by atoms with van der Waals surface area (Å²) in [4.78, 5) is 4.72. The van der Waals surface area contributed by atoms with Gasteiger partial charge in [-0.1, -0.05) is 29.8 Å². The first kappa shape index (κ1) is 13.1. The topological polar surface area (TPSA) is 30.3 Å². The molecule has 3 nitrogen and oxygen atoms in total. The summed E-state index contributed by atoms with van der Waals surface area (Å²) in [7, 11) is 0. The number of aryl methyl sites for hydroxylation is 1. The van der Waals surface area contributed by atoms with Gasteiger partial charge in [0.15, 0.2) is 0 Å². The molecule has 0 radical (unpaired) electrons. The standard InChI is InChI=1S/C15H21N3/c1-13-4-3-5-15(10-13)12-17-6-8-18(9-7-17)14(2)11-16/h3-5,10,14H,6-9,12H2,1-2H3/t14-/m1/s1. The van der Waals surface area contributed by atoms with E-state index in [2.05, 4.69) is 47.1 Å². The van der Waals surface area contributed by atoms with Crippen molar-refractivity contribution in [3.8, 4) is 6.07 Å². The van der Waals surface area contributed by atoms with Crippen LogP contribution in [0.15, 0.2) is 24.3 Å². The van der Waals surface area contributed by atoms with Crippen LogP contribution >= 0.6 is 0 Å². The number of rotatable bonds is 3. The average molecular weight is 243 g/mol. The molecule has 0 bridgehead atoms. The molecule has 96 valence electrons. The second-order valence-electron chi connectivity index (χ2n) is 5.11. The van der Waals surface area contributed by atoms with Crippen molar-refractivity contribution in [1.29, 1.82) is 5.26 Å². The summed E-state index contributed by atoms with van der Waals surface area (Å²) >= 11 is 0. The van der Waals surface area contributed by atoms with Crippen molar-refractivity contribution in [2.75, 3.05) is 26.2 Å². The molecular formula is C15H21N3. The van der Waals surface area contributed by atoms with Gasteiger partial charge in [0.2, 0.25) is 0 Å². The summed E-state index contributed by atoms with van der Waals surface area (Å²) < 4.78 is 0. The zero-order valence-electron chi connectivity index (χ0n) is 11.3. The quantitative estimate of drug-likeness (QED) is 0.813. The molecule has 0 amide bonds. The normalized spacial score (nSPS) is 19.4. The van der Waals surface area contributed by atoms with Crippen LogP contribution < -0.4 is 0 Å². The van der Waals surface area contributed by atoms with Crippen molar-refractivity contribution in [2.24, 2.45) is 0 Å². The molecule has 3 heteroatoms. The summed E-state index contributed by atoms with van der Waals surface area (Å²) in [5, 5.41) is 8.91. The van der Waals surface area contributed by atoms with Crippen molar-refractivity contribution in [1.82, 2.24) is 9.80 Å². The maximum atomic E-state index is 8.91. The first-order chi connectivity index (χ1) is 8.69. The molecule has 0 unspecified atom stereocenters. The van der Waals surface area contributed by atoms with Crippen molar-refractivity contribution in [3.05, 3.63) is 35.4 Å². The maximum absolute atomic E-state index is 8.91. The first-order valence-electron chi connectivity index (χ1n) is 6.60. The fourth-order valence-corrected chi connectivity index (χ4v) is 2.46. The van der Waals surface area contributed by atoms with Crippen LogP contribution in [0.4, 0.5) is 0 Å². The van der Waals surface area contributed by atoms with Crippen LogP contribution in [0.2, 0.25) is 0 Å². The van der Waals surface area contributed by atoms with E-state index in [9.17, 15) is 0 Å². The van der Waals surface area contributed by atoms with Gasteiger partial charge >= 0.3 is 0 Å². The van der Waals surface area contributed by atoms with Crippen molar-refractivity contribution < 1.29 is 0 Å². The Kier molecular flexibility index (Phi) is 4.35. The molecular weight excluding hydrogens is 222 g/mol. The lowest BCUT2D eigenvalue weighted by atomic mass is 10.1. The fraction of sp³-hybridized carbons (Fsp3) is 0.533. The molecule has 1 saturated heterocycles. The summed E-state index contributed by atoms with van der Waals surface area (Å²) in [5.74, 6) is 0. The summed E-state index contributed by atoms with van der Waals surface area (Å²) in [6, 6.07) is 11.1. The highest BCUT2D eigenvalue weighted by molar-refractivity contribution is 5.22. The van der Waals surface area contributed by atoms with E-state index in [1.165, 1.54) is 11.1 Å².